The van der Waals surface area contributed by atoms with Gasteiger partial charge in [-0.05, 0) is 35.0 Å². The summed E-state index contributed by atoms with van der Waals surface area (Å²) in [4.78, 5) is 12.7. The molecule has 1 amide bonds. The Morgan fingerprint density at radius 2 is 1.45 bits per heavy atom. The smallest absolute Gasteiger partial charge is 0.271 e. The first-order valence-electron chi connectivity index (χ1n) is 9.06. The molecule has 29 heavy (non-hydrogen) atoms. The SMILES string of the molecule is O=C(NN=C(c1ccccc1)c1ccc(O)cc1O)c1ccc2ccccc2c1. The Bertz CT molecular complexity index is 1220. The molecule has 0 heterocycles. The van der Waals surface area contributed by atoms with Crippen molar-refractivity contribution in [2.45, 2.75) is 0 Å². The zero-order valence-corrected chi connectivity index (χ0v) is 15.4. The van der Waals surface area contributed by atoms with Crippen molar-refractivity contribution >= 4 is 22.4 Å². The third kappa shape index (κ3) is 3.94. The molecule has 4 rings (SSSR count). The van der Waals surface area contributed by atoms with E-state index in [-0.39, 0.29) is 17.4 Å². The van der Waals surface area contributed by atoms with Crippen LogP contribution in [0.3, 0.4) is 0 Å². The normalized spacial score (nSPS) is 11.4. The summed E-state index contributed by atoms with van der Waals surface area (Å²) in [5, 5.41) is 26.1. The summed E-state index contributed by atoms with van der Waals surface area (Å²) in [7, 11) is 0. The Morgan fingerprint density at radius 3 is 2.21 bits per heavy atom. The molecule has 4 aromatic carbocycles. The topological polar surface area (TPSA) is 81.9 Å². The molecule has 0 aliphatic rings. The van der Waals surface area contributed by atoms with E-state index in [9.17, 15) is 15.0 Å². The summed E-state index contributed by atoms with van der Waals surface area (Å²) < 4.78 is 0. The van der Waals surface area contributed by atoms with E-state index in [0.717, 1.165) is 10.8 Å². The second kappa shape index (κ2) is 7.86. The van der Waals surface area contributed by atoms with Crippen molar-refractivity contribution in [1.82, 2.24) is 5.43 Å². The van der Waals surface area contributed by atoms with Gasteiger partial charge in [0.15, 0.2) is 0 Å². The molecule has 0 aromatic heterocycles. The lowest BCUT2D eigenvalue weighted by atomic mass is 10.0. The van der Waals surface area contributed by atoms with Gasteiger partial charge in [-0.2, -0.15) is 5.10 Å². The second-order valence-electron chi connectivity index (χ2n) is 6.53. The number of rotatable bonds is 4. The van der Waals surface area contributed by atoms with Gasteiger partial charge in [0, 0.05) is 22.8 Å². The minimum atomic E-state index is -0.359. The zero-order chi connectivity index (χ0) is 20.2. The summed E-state index contributed by atoms with van der Waals surface area (Å²) in [6.07, 6.45) is 0. The van der Waals surface area contributed by atoms with Gasteiger partial charge in [-0.1, -0.05) is 60.7 Å². The third-order valence-corrected chi connectivity index (χ3v) is 4.56. The summed E-state index contributed by atoms with van der Waals surface area (Å²) in [5.41, 5.74) is 4.56. The zero-order valence-electron chi connectivity index (χ0n) is 15.4. The van der Waals surface area contributed by atoms with Gasteiger partial charge in [-0.25, -0.2) is 5.43 Å². The van der Waals surface area contributed by atoms with E-state index in [2.05, 4.69) is 10.5 Å². The van der Waals surface area contributed by atoms with Crippen molar-refractivity contribution in [2.24, 2.45) is 5.10 Å². The molecule has 3 N–H and O–H groups in total. The quantitative estimate of drug-likeness (QED) is 0.361. The van der Waals surface area contributed by atoms with Crippen LogP contribution in [0.2, 0.25) is 0 Å². The Labute approximate surface area is 167 Å². The molecule has 0 spiro atoms. The average Bonchev–Trinajstić information content (AvgIpc) is 2.75. The van der Waals surface area contributed by atoms with Crippen LogP contribution in [-0.2, 0) is 0 Å². The minimum absolute atomic E-state index is 0.0566. The molecule has 4 aromatic rings. The second-order valence-corrected chi connectivity index (χ2v) is 6.53. The Hall–Kier alpha value is -4.12. The largest absolute Gasteiger partial charge is 0.508 e. The molecule has 0 saturated heterocycles. The Morgan fingerprint density at radius 1 is 0.724 bits per heavy atom. The average molecular weight is 382 g/mol. The number of phenols is 2. The van der Waals surface area contributed by atoms with Crippen LogP contribution >= 0.6 is 0 Å². The van der Waals surface area contributed by atoms with Gasteiger partial charge in [-0.3, -0.25) is 4.79 Å². The molecule has 0 fully saturated rings. The number of hydrazone groups is 1. The number of benzene rings is 4. The number of carbonyl (C=O) groups is 1. The molecule has 0 unspecified atom stereocenters. The highest BCUT2D eigenvalue weighted by atomic mass is 16.3. The Balaban J connectivity index is 1.69. The molecule has 0 atom stereocenters. The van der Waals surface area contributed by atoms with Gasteiger partial charge < -0.3 is 10.2 Å². The fraction of sp³-hybridized carbons (Fsp3) is 0. The molecular weight excluding hydrogens is 364 g/mol. The molecule has 5 heteroatoms. The molecular formula is C24H18N2O3. The van der Waals surface area contributed by atoms with Crippen LogP contribution in [0.1, 0.15) is 21.5 Å². The van der Waals surface area contributed by atoms with Crippen molar-refractivity contribution in [3.05, 3.63) is 108 Å². The summed E-state index contributed by atoms with van der Waals surface area (Å²) in [5.74, 6) is -0.547. The van der Waals surface area contributed by atoms with Crippen molar-refractivity contribution < 1.29 is 15.0 Å². The standard InChI is InChI=1S/C24H18N2O3/c27-20-12-13-21(22(28)15-20)23(17-7-2-1-3-8-17)25-26-24(29)19-11-10-16-6-4-5-9-18(16)14-19/h1-15,27-28H,(H,26,29). The molecule has 0 aliphatic heterocycles. The van der Waals surface area contributed by atoms with Gasteiger partial charge in [0.1, 0.15) is 17.2 Å². The van der Waals surface area contributed by atoms with Crippen LogP contribution in [0, 0.1) is 0 Å². The molecule has 0 saturated carbocycles. The molecule has 0 bridgehead atoms. The van der Waals surface area contributed by atoms with E-state index >= 15 is 0 Å². The van der Waals surface area contributed by atoms with Crippen molar-refractivity contribution in [2.75, 3.05) is 0 Å². The van der Waals surface area contributed by atoms with Gasteiger partial charge >= 0.3 is 0 Å². The number of phenolic OH excluding ortho intramolecular Hbond substituents is 2. The highest BCUT2D eigenvalue weighted by Crippen LogP contribution is 2.25. The monoisotopic (exact) mass is 382 g/mol. The van der Waals surface area contributed by atoms with Crippen LogP contribution in [-0.4, -0.2) is 21.8 Å². The summed E-state index contributed by atoms with van der Waals surface area (Å²) >= 11 is 0. The number of nitrogens with zero attached hydrogens (tertiary/aromatic N) is 1. The fourth-order valence-electron chi connectivity index (χ4n) is 3.10. The number of hydrogen-bond donors (Lipinski definition) is 3. The van der Waals surface area contributed by atoms with E-state index < -0.39 is 0 Å². The lowest BCUT2D eigenvalue weighted by Crippen LogP contribution is -2.20. The maximum atomic E-state index is 12.7. The van der Waals surface area contributed by atoms with Crippen molar-refractivity contribution in [1.29, 1.82) is 0 Å². The number of nitrogens with one attached hydrogen (secondary N) is 1. The number of fused-ring (bicyclic) bond motifs is 1. The first-order valence-corrected chi connectivity index (χ1v) is 9.06. The van der Waals surface area contributed by atoms with Crippen LogP contribution in [0.25, 0.3) is 10.8 Å². The predicted octanol–water partition coefficient (Wildman–Crippen LogP) is 4.43. The lowest BCUT2D eigenvalue weighted by molar-refractivity contribution is 0.0955. The van der Waals surface area contributed by atoms with Gasteiger partial charge in [-0.15, -0.1) is 0 Å². The van der Waals surface area contributed by atoms with Crippen LogP contribution < -0.4 is 5.43 Å². The van der Waals surface area contributed by atoms with Crippen LogP contribution in [0.15, 0.2) is 96.1 Å². The van der Waals surface area contributed by atoms with Gasteiger partial charge in [0.2, 0.25) is 0 Å². The number of aromatic hydroxyl groups is 2. The fourth-order valence-corrected chi connectivity index (χ4v) is 3.10. The first-order chi connectivity index (χ1) is 14.1. The maximum absolute atomic E-state index is 12.7. The van der Waals surface area contributed by atoms with Crippen LogP contribution in [0.4, 0.5) is 0 Å². The van der Waals surface area contributed by atoms with E-state index in [4.69, 9.17) is 0 Å². The van der Waals surface area contributed by atoms with E-state index in [0.29, 0.717) is 22.4 Å². The van der Waals surface area contributed by atoms with Gasteiger partial charge in [0.25, 0.3) is 5.91 Å². The highest BCUT2D eigenvalue weighted by Gasteiger charge is 2.14. The number of carbonyl (C=O) groups excluding carboxylic acids is 1. The van der Waals surface area contributed by atoms with Crippen LogP contribution in [0.5, 0.6) is 11.5 Å². The molecule has 0 aliphatic carbocycles. The first kappa shape index (κ1) is 18.3. The van der Waals surface area contributed by atoms with E-state index in [1.165, 1.54) is 12.1 Å². The van der Waals surface area contributed by atoms with Crippen molar-refractivity contribution in [3.8, 4) is 11.5 Å². The van der Waals surface area contributed by atoms with E-state index in [1.54, 1.807) is 18.2 Å². The van der Waals surface area contributed by atoms with Gasteiger partial charge in [0.05, 0.1) is 0 Å². The number of hydrogen-bond acceptors (Lipinski definition) is 4. The molecule has 5 nitrogen and oxygen atoms in total. The predicted molar refractivity (Wildman–Crippen MR) is 113 cm³/mol. The summed E-state index contributed by atoms with van der Waals surface area (Å²) in [6, 6.07) is 26.7. The Kier molecular flexibility index (Phi) is 4.95. The van der Waals surface area contributed by atoms with Crippen molar-refractivity contribution in [3.63, 3.8) is 0 Å². The van der Waals surface area contributed by atoms with E-state index in [1.807, 2.05) is 60.7 Å². The molecule has 0 radical (unpaired) electrons. The minimum Gasteiger partial charge on any atom is -0.508 e. The maximum Gasteiger partial charge on any atom is 0.271 e. The third-order valence-electron chi connectivity index (χ3n) is 4.56. The molecule has 142 valence electrons. The number of amides is 1. The summed E-state index contributed by atoms with van der Waals surface area (Å²) in [6.45, 7) is 0. The highest BCUT2D eigenvalue weighted by molar-refractivity contribution is 6.15. The lowest BCUT2D eigenvalue weighted by Gasteiger charge is -2.10.